The number of phenols is 1. The number of esters is 1. The number of aryl methyl sites for hydroxylation is 1. The average molecular weight is 426 g/mol. The van der Waals surface area contributed by atoms with Gasteiger partial charge in [0.15, 0.2) is 11.5 Å². The maximum atomic E-state index is 12.1. The molecule has 0 bridgehead atoms. The number of rotatable bonds is 8. The molecule has 2 aromatic carbocycles. The molecule has 0 saturated carbocycles. The molecule has 0 atom stereocenters. The van der Waals surface area contributed by atoms with E-state index in [0.29, 0.717) is 27.7 Å². The van der Waals surface area contributed by atoms with E-state index in [1.54, 1.807) is 18.2 Å². The van der Waals surface area contributed by atoms with Crippen LogP contribution >= 0.6 is 23.2 Å². The molecule has 0 aliphatic rings. The Morgan fingerprint density at radius 1 is 1.00 bits per heavy atom. The second-order valence-corrected chi connectivity index (χ2v) is 6.69. The molecule has 9 heteroatoms. The first-order chi connectivity index (χ1) is 13.2. The van der Waals surface area contributed by atoms with Crippen molar-refractivity contribution in [3.05, 3.63) is 52.0 Å². The highest BCUT2D eigenvalue weighted by atomic mass is 35.5. The predicted molar refractivity (Wildman–Crippen MR) is 104 cm³/mol. The van der Waals surface area contributed by atoms with Crippen molar-refractivity contribution >= 4 is 46.7 Å². The van der Waals surface area contributed by atoms with Gasteiger partial charge in [0.1, 0.15) is 0 Å². The Kier molecular flexibility index (Phi) is 7.66. The summed E-state index contributed by atoms with van der Waals surface area (Å²) in [6.45, 7) is 0. The number of phenolic OH excluding ortho intramolecular Hbond substituents is 1. The van der Waals surface area contributed by atoms with Crippen LogP contribution in [0.15, 0.2) is 36.4 Å². The number of carbonyl (C=O) groups is 3. The molecular formula is C19H17Cl2NO6. The molecule has 0 radical (unpaired) electrons. The van der Waals surface area contributed by atoms with Gasteiger partial charge < -0.3 is 20.3 Å². The third kappa shape index (κ3) is 6.75. The third-order valence-electron chi connectivity index (χ3n) is 3.64. The minimum Gasteiger partial charge on any atom is -0.504 e. The average Bonchev–Trinajstić information content (AvgIpc) is 2.63. The van der Waals surface area contributed by atoms with E-state index in [2.05, 4.69) is 5.32 Å². The number of halogens is 2. The zero-order valence-electron chi connectivity index (χ0n) is 14.6. The van der Waals surface area contributed by atoms with E-state index in [1.807, 2.05) is 0 Å². The second-order valence-electron chi connectivity index (χ2n) is 5.84. The van der Waals surface area contributed by atoms with Crippen LogP contribution in [-0.2, 0) is 20.8 Å². The number of anilines is 1. The molecule has 0 fully saturated rings. The molecule has 0 aliphatic heterocycles. The molecule has 148 valence electrons. The lowest BCUT2D eigenvalue weighted by Gasteiger charge is -2.10. The van der Waals surface area contributed by atoms with Gasteiger partial charge in [-0.1, -0.05) is 29.3 Å². The van der Waals surface area contributed by atoms with Gasteiger partial charge in [-0.3, -0.25) is 14.4 Å². The van der Waals surface area contributed by atoms with Gasteiger partial charge >= 0.3 is 11.9 Å². The lowest BCUT2D eigenvalue weighted by atomic mass is 10.1. The number of hydrogen-bond acceptors (Lipinski definition) is 5. The molecule has 0 spiro atoms. The Morgan fingerprint density at radius 3 is 2.43 bits per heavy atom. The van der Waals surface area contributed by atoms with Crippen LogP contribution in [0.1, 0.15) is 24.8 Å². The normalized spacial score (nSPS) is 10.4. The summed E-state index contributed by atoms with van der Waals surface area (Å²) in [7, 11) is 0. The molecule has 0 heterocycles. The number of hydrogen-bond donors (Lipinski definition) is 3. The van der Waals surface area contributed by atoms with E-state index in [0.717, 1.165) is 0 Å². The highest BCUT2D eigenvalue weighted by Crippen LogP contribution is 2.28. The molecule has 0 aromatic heterocycles. The number of aliphatic carboxylic acids is 1. The van der Waals surface area contributed by atoms with Gasteiger partial charge in [-0.15, -0.1) is 0 Å². The Hall–Kier alpha value is -2.77. The first-order valence-corrected chi connectivity index (χ1v) is 8.99. The van der Waals surface area contributed by atoms with Gasteiger partial charge in [-0.2, -0.15) is 0 Å². The van der Waals surface area contributed by atoms with Crippen molar-refractivity contribution in [2.75, 3.05) is 5.32 Å². The molecule has 3 N–H and O–H groups in total. The highest BCUT2D eigenvalue weighted by molar-refractivity contribution is 6.36. The molecule has 28 heavy (non-hydrogen) atoms. The summed E-state index contributed by atoms with van der Waals surface area (Å²) in [5.41, 5.74) is 1.09. The van der Waals surface area contributed by atoms with Crippen molar-refractivity contribution in [2.45, 2.75) is 25.7 Å². The molecule has 0 unspecified atom stereocenters. The van der Waals surface area contributed by atoms with Crippen molar-refractivity contribution in [2.24, 2.45) is 0 Å². The third-order valence-corrected chi connectivity index (χ3v) is 4.18. The number of benzene rings is 2. The van der Waals surface area contributed by atoms with Gasteiger partial charge in [0, 0.05) is 11.4 Å². The molecule has 1 amide bonds. The molecule has 0 saturated heterocycles. The van der Waals surface area contributed by atoms with Crippen LogP contribution < -0.4 is 10.1 Å². The molecule has 7 nitrogen and oxygen atoms in total. The van der Waals surface area contributed by atoms with Gasteiger partial charge in [-0.05, 0) is 42.3 Å². The summed E-state index contributed by atoms with van der Waals surface area (Å²) < 4.78 is 4.98. The van der Waals surface area contributed by atoms with Crippen LogP contribution in [0.25, 0.3) is 0 Å². The number of aromatic hydroxyl groups is 1. The monoisotopic (exact) mass is 425 g/mol. The van der Waals surface area contributed by atoms with E-state index in [-0.39, 0.29) is 36.7 Å². The van der Waals surface area contributed by atoms with Crippen LogP contribution in [0, 0.1) is 0 Å². The zero-order chi connectivity index (χ0) is 20.7. The summed E-state index contributed by atoms with van der Waals surface area (Å²) in [5, 5.41) is 21.8. The van der Waals surface area contributed by atoms with Gasteiger partial charge in [0.2, 0.25) is 5.91 Å². The number of amides is 1. The van der Waals surface area contributed by atoms with Crippen LogP contribution in [-0.4, -0.2) is 28.1 Å². The Labute approximate surface area is 170 Å². The van der Waals surface area contributed by atoms with E-state index in [1.165, 1.54) is 18.2 Å². The molecule has 0 aliphatic carbocycles. The number of carboxylic acids is 1. The standard InChI is InChI=1S/C19H17Cl2NO6/c20-12-3-4-14(13(21)10-12)22-17(24)6-2-11-1-5-15(23)16(9-11)28-19(27)8-7-18(25)26/h1,3-5,9-10,23H,2,6-8H2,(H,22,24)(H,25,26). The maximum Gasteiger partial charge on any atom is 0.311 e. The number of ether oxygens (including phenoxy) is 1. The number of carboxylic acid groups (broad SMARTS) is 1. The minimum atomic E-state index is -1.12. The van der Waals surface area contributed by atoms with Crippen molar-refractivity contribution < 1.29 is 29.3 Å². The molecule has 2 aromatic rings. The Balaban J connectivity index is 1.94. The lowest BCUT2D eigenvalue weighted by molar-refractivity contribution is -0.142. The molecular weight excluding hydrogens is 409 g/mol. The predicted octanol–water partition coefficient (Wildman–Crippen LogP) is 4.04. The zero-order valence-corrected chi connectivity index (χ0v) is 16.1. The van der Waals surface area contributed by atoms with Crippen molar-refractivity contribution in [1.82, 2.24) is 0 Å². The van der Waals surface area contributed by atoms with E-state index >= 15 is 0 Å². The van der Waals surface area contributed by atoms with Crippen LogP contribution in [0.3, 0.4) is 0 Å². The van der Waals surface area contributed by atoms with Gasteiger partial charge in [0.05, 0.1) is 23.6 Å². The smallest absolute Gasteiger partial charge is 0.311 e. The SMILES string of the molecule is O=C(O)CCC(=O)Oc1cc(CCC(=O)Nc2ccc(Cl)cc2Cl)ccc1O. The van der Waals surface area contributed by atoms with Gasteiger partial charge in [-0.25, -0.2) is 0 Å². The van der Waals surface area contributed by atoms with Crippen LogP contribution in [0.5, 0.6) is 11.5 Å². The van der Waals surface area contributed by atoms with Crippen LogP contribution in [0.4, 0.5) is 5.69 Å². The topological polar surface area (TPSA) is 113 Å². The highest BCUT2D eigenvalue weighted by Gasteiger charge is 2.13. The van der Waals surface area contributed by atoms with Crippen molar-refractivity contribution in [1.29, 1.82) is 0 Å². The fourth-order valence-electron chi connectivity index (χ4n) is 2.24. The quantitative estimate of drug-likeness (QED) is 0.434. The van der Waals surface area contributed by atoms with E-state index in [4.69, 9.17) is 33.0 Å². The lowest BCUT2D eigenvalue weighted by Crippen LogP contribution is -2.13. The summed E-state index contributed by atoms with van der Waals surface area (Å²) in [6.07, 6.45) is -0.247. The maximum absolute atomic E-state index is 12.1. The minimum absolute atomic E-state index is 0.0888. The second kappa shape index (κ2) is 9.96. The van der Waals surface area contributed by atoms with Crippen LogP contribution in [0.2, 0.25) is 10.0 Å². The first-order valence-electron chi connectivity index (χ1n) is 8.24. The Bertz CT molecular complexity index is 900. The number of nitrogens with one attached hydrogen (secondary N) is 1. The summed E-state index contributed by atoms with van der Waals surface area (Å²) in [6, 6.07) is 9.07. The molecule has 2 rings (SSSR count). The summed E-state index contributed by atoms with van der Waals surface area (Å²) >= 11 is 11.8. The fourth-order valence-corrected chi connectivity index (χ4v) is 2.70. The van der Waals surface area contributed by atoms with E-state index < -0.39 is 11.9 Å². The van der Waals surface area contributed by atoms with Crippen molar-refractivity contribution in [3.63, 3.8) is 0 Å². The van der Waals surface area contributed by atoms with Gasteiger partial charge in [0.25, 0.3) is 0 Å². The van der Waals surface area contributed by atoms with Crippen molar-refractivity contribution in [3.8, 4) is 11.5 Å². The number of carbonyl (C=O) groups excluding carboxylic acids is 2. The fraction of sp³-hybridized carbons (Fsp3) is 0.211. The summed E-state index contributed by atoms with van der Waals surface area (Å²) in [5.74, 6) is -2.53. The Morgan fingerprint density at radius 2 is 1.75 bits per heavy atom. The largest absolute Gasteiger partial charge is 0.504 e. The summed E-state index contributed by atoms with van der Waals surface area (Å²) in [4.78, 5) is 34.2. The van der Waals surface area contributed by atoms with E-state index in [9.17, 15) is 19.5 Å². The first kappa shape index (κ1) is 21.5.